The van der Waals surface area contributed by atoms with Crippen LogP contribution in [0.2, 0.25) is 0 Å². The molecule has 1 fully saturated rings. The van der Waals surface area contributed by atoms with Gasteiger partial charge in [0.1, 0.15) is 11.9 Å². The van der Waals surface area contributed by atoms with Crippen molar-refractivity contribution in [2.75, 3.05) is 31.1 Å². The number of rotatable bonds is 5. The molecular weight excluding hydrogens is 376 g/mol. The first kappa shape index (κ1) is 20.3. The first-order valence-corrected chi connectivity index (χ1v) is 10.6. The van der Waals surface area contributed by atoms with Crippen LogP contribution in [0.1, 0.15) is 26.8 Å². The van der Waals surface area contributed by atoms with Gasteiger partial charge in [-0.05, 0) is 31.0 Å². The van der Waals surface area contributed by atoms with Gasteiger partial charge in [-0.1, -0.05) is 49.7 Å². The molecule has 3 aromatic rings. The highest BCUT2D eigenvalue weighted by molar-refractivity contribution is 5.91. The van der Waals surface area contributed by atoms with Gasteiger partial charge >= 0.3 is 0 Å². The fourth-order valence-corrected chi connectivity index (χ4v) is 3.99. The van der Waals surface area contributed by atoms with Crippen LogP contribution in [0.3, 0.4) is 0 Å². The molecule has 6 heteroatoms. The summed E-state index contributed by atoms with van der Waals surface area (Å²) in [7, 11) is 0. The highest BCUT2D eigenvalue weighted by Gasteiger charge is 2.27. The molecule has 158 valence electrons. The number of carbonyl (C=O) groups excluding carboxylic acids is 1. The van der Waals surface area contributed by atoms with E-state index in [2.05, 4.69) is 30.0 Å². The average Bonchev–Trinajstić information content (AvgIpc) is 2.78. The second kappa shape index (κ2) is 8.79. The van der Waals surface area contributed by atoms with E-state index in [9.17, 15) is 9.90 Å². The summed E-state index contributed by atoms with van der Waals surface area (Å²) >= 11 is 0. The Morgan fingerprint density at radius 2 is 1.77 bits per heavy atom. The second-order valence-electron chi connectivity index (χ2n) is 7.82. The highest BCUT2D eigenvalue weighted by Crippen LogP contribution is 2.29. The number of carbonyl (C=O) groups is 1. The van der Waals surface area contributed by atoms with Crippen LogP contribution >= 0.6 is 0 Å². The molecule has 1 aromatic heterocycles. The van der Waals surface area contributed by atoms with Gasteiger partial charge < -0.3 is 14.9 Å². The summed E-state index contributed by atoms with van der Waals surface area (Å²) in [6, 6.07) is 16.2. The molecule has 1 unspecified atom stereocenters. The summed E-state index contributed by atoms with van der Waals surface area (Å²) in [6.45, 7) is 6.56. The quantitative estimate of drug-likeness (QED) is 0.700. The molecule has 0 aliphatic carbocycles. The lowest BCUT2D eigenvalue weighted by molar-refractivity contribution is -0.140. The molecule has 0 bridgehead atoms. The number of benzene rings is 2. The van der Waals surface area contributed by atoms with E-state index in [0.29, 0.717) is 32.6 Å². The number of hydrogen-bond acceptors (Lipinski definition) is 5. The van der Waals surface area contributed by atoms with Gasteiger partial charge in [0.05, 0.1) is 5.52 Å². The third-order valence-electron chi connectivity index (χ3n) is 5.71. The molecule has 0 saturated carbocycles. The lowest BCUT2D eigenvalue weighted by atomic mass is 10.1. The molecule has 4 rings (SSSR count). The van der Waals surface area contributed by atoms with Crippen molar-refractivity contribution in [3.63, 3.8) is 0 Å². The minimum Gasteiger partial charge on any atom is -0.383 e. The molecule has 1 aliphatic heterocycles. The van der Waals surface area contributed by atoms with Crippen LogP contribution in [0.5, 0.6) is 0 Å². The number of aryl methyl sites for hydroxylation is 1. The first-order valence-electron chi connectivity index (χ1n) is 10.6. The van der Waals surface area contributed by atoms with Crippen molar-refractivity contribution in [2.24, 2.45) is 0 Å². The number of aromatic nitrogens is 2. The van der Waals surface area contributed by atoms with Crippen LogP contribution in [0.15, 0.2) is 48.5 Å². The topological polar surface area (TPSA) is 69.6 Å². The van der Waals surface area contributed by atoms with Gasteiger partial charge in [0.2, 0.25) is 0 Å². The molecule has 0 spiro atoms. The van der Waals surface area contributed by atoms with Gasteiger partial charge in [-0.15, -0.1) is 0 Å². The molecule has 1 N–H and O–H groups in total. The Hall–Kier alpha value is -2.99. The minimum atomic E-state index is -0.894. The van der Waals surface area contributed by atoms with E-state index in [0.717, 1.165) is 40.1 Å². The van der Waals surface area contributed by atoms with E-state index in [1.807, 2.05) is 37.3 Å². The fourth-order valence-electron chi connectivity index (χ4n) is 3.99. The predicted molar refractivity (Wildman–Crippen MR) is 122 cm³/mol. The Morgan fingerprint density at radius 1 is 1.07 bits per heavy atom. The maximum Gasteiger partial charge on any atom is 0.251 e. The SMILES string of the molecule is CCCC(O)C(=O)N1CCN(c2nc(-c3ccccc3C)nc3ccccc23)CC1.[HH]. The van der Waals surface area contributed by atoms with Gasteiger partial charge in [-0.2, -0.15) is 0 Å². The predicted octanol–water partition coefficient (Wildman–Crippen LogP) is 3.66. The minimum absolute atomic E-state index is 0. The Bertz CT molecular complexity index is 1050. The lowest BCUT2D eigenvalue weighted by Gasteiger charge is -2.36. The van der Waals surface area contributed by atoms with Crippen molar-refractivity contribution in [3.8, 4) is 11.4 Å². The standard InChI is InChI=1S/C24H28N4O2.H2/c1-3-8-21(29)24(30)28-15-13-27(14-16-28)23-19-11-6-7-12-20(19)25-22(26-23)18-10-5-4-9-17(18)2;/h4-7,9-12,21,29H,3,8,13-16H2,1-2H3;1H. The zero-order valence-corrected chi connectivity index (χ0v) is 17.6. The Labute approximate surface area is 178 Å². The van der Waals surface area contributed by atoms with Crippen molar-refractivity contribution in [2.45, 2.75) is 32.8 Å². The van der Waals surface area contributed by atoms with Crippen LogP contribution in [0.25, 0.3) is 22.3 Å². The third kappa shape index (κ3) is 4.00. The number of aliphatic hydroxyl groups is 1. The van der Waals surface area contributed by atoms with Crippen molar-refractivity contribution in [1.29, 1.82) is 0 Å². The monoisotopic (exact) mass is 406 g/mol. The van der Waals surface area contributed by atoms with Crippen molar-refractivity contribution in [1.82, 2.24) is 14.9 Å². The van der Waals surface area contributed by atoms with Crippen LogP contribution in [-0.4, -0.2) is 58.2 Å². The molecule has 2 aromatic carbocycles. The summed E-state index contributed by atoms with van der Waals surface area (Å²) in [4.78, 5) is 26.2. The van der Waals surface area contributed by atoms with Crippen molar-refractivity contribution < 1.29 is 11.3 Å². The zero-order valence-electron chi connectivity index (χ0n) is 17.6. The lowest BCUT2D eigenvalue weighted by Crippen LogP contribution is -2.51. The maximum absolute atomic E-state index is 12.5. The zero-order chi connectivity index (χ0) is 21.1. The van der Waals surface area contributed by atoms with Gasteiger partial charge in [0.15, 0.2) is 5.82 Å². The third-order valence-corrected chi connectivity index (χ3v) is 5.71. The molecule has 1 aliphatic rings. The average molecular weight is 407 g/mol. The number of amides is 1. The Morgan fingerprint density at radius 3 is 2.50 bits per heavy atom. The van der Waals surface area contributed by atoms with E-state index in [-0.39, 0.29) is 7.33 Å². The van der Waals surface area contributed by atoms with Crippen LogP contribution < -0.4 is 4.90 Å². The first-order chi connectivity index (χ1) is 14.6. The number of piperazine rings is 1. The molecule has 0 radical (unpaired) electrons. The highest BCUT2D eigenvalue weighted by atomic mass is 16.3. The molecular formula is C24H30N4O2. The smallest absolute Gasteiger partial charge is 0.251 e. The summed E-state index contributed by atoms with van der Waals surface area (Å²) in [6.07, 6.45) is 0.408. The Balaban J connectivity index is 0.00000272. The van der Waals surface area contributed by atoms with E-state index < -0.39 is 6.10 Å². The van der Waals surface area contributed by atoms with E-state index in [1.54, 1.807) is 4.90 Å². The molecule has 1 saturated heterocycles. The van der Waals surface area contributed by atoms with Crippen molar-refractivity contribution >= 4 is 22.6 Å². The maximum atomic E-state index is 12.5. The molecule has 30 heavy (non-hydrogen) atoms. The molecule has 1 atom stereocenters. The summed E-state index contributed by atoms with van der Waals surface area (Å²) in [5.74, 6) is 1.46. The number of nitrogens with zero attached hydrogens (tertiary/aromatic N) is 4. The summed E-state index contributed by atoms with van der Waals surface area (Å²) in [5.41, 5.74) is 3.08. The normalized spacial score (nSPS) is 15.4. The van der Waals surface area contributed by atoms with Crippen LogP contribution in [0, 0.1) is 6.92 Å². The number of fused-ring (bicyclic) bond motifs is 1. The van der Waals surface area contributed by atoms with E-state index in [1.165, 1.54) is 0 Å². The fraction of sp³-hybridized carbons (Fsp3) is 0.375. The Kier molecular flexibility index (Phi) is 5.95. The van der Waals surface area contributed by atoms with Crippen molar-refractivity contribution in [3.05, 3.63) is 54.1 Å². The van der Waals surface area contributed by atoms with Crippen LogP contribution in [0.4, 0.5) is 5.82 Å². The molecule has 2 heterocycles. The van der Waals surface area contributed by atoms with Gasteiger partial charge in [0.25, 0.3) is 5.91 Å². The van der Waals surface area contributed by atoms with Gasteiger partial charge in [-0.3, -0.25) is 4.79 Å². The molecule has 6 nitrogen and oxygen atoms in total. The summed E-state index contributed by atoms with van der Waals surface area (Å²) in [5, 5.41) is 11.1. The number of hydrogen-bond donors (Lipinski definition) is 1. The van der Waals surface area contributed by atoms with Crippen LogP contribution in [-0.2, 0) is 4.79 Å². The van der Waals surface area contributed by atoms with Gasteiger partial charge in [-0.25, -0.2) is 9.97 Å². The molecule has 1 amide bonds. The van der Waals surface area contributed by atoms with Gasteiger partial charge in [0, 0.05) is 38.6 Å². The number of para-hydroxylation sites is 1. The van der Waals surface area contributed by atoms with E-state index >= 15 is 0 Å². The summed E-state index contributed by atoms with van der Waals surface area (Å²) < 4.78 is 0. The number of anilines is 1. The van der Waals surface area contributed by atoms with E-state index in [4.69, 9.17) is 9.97 Å². The second-order valence-corrected chi connectivity index (χ2v) is 7.82. The largest absolute Gasteiger partial charge is 0.383 e. The number of aliphatic hydroxyl groups excluding tert-OH is 1.